The lowest BCUT2D eigenvalue weighted by molar-refractivity contribution is -0.128. The molecule has 2 atom stereocenters. The number of nitrogens with zero attached hydrogens (tertiary/aromatic N) is 2. The highest BCUT2D eigenvalue weighted by molar-refractivity contribution is 6.09. The largest absolute Gasteiger partial charge is 0.383 e. The second-order valence-corrected chi connectivity index (χ2v) is 9.24. The third-order valence-electron chi connectivity index (χ3n) is 7.12. The Morgan fingerprint density at radius 2 is 2.03 bits per heavy atom. The summed E-state index contributed by atoms with van der Waals surface area (Å²) in [6.07, 6.45) is 5.53. The van der Waals surface area contributed by atoms with E-state index < -0.39 is 0 Å². The Hall–Kier alpha value is -2.34. The van der Waals surface area contributed by atoms with E-state index in [1.54, 1.807) is 6.92 Å². The van der Waals surface area contributed by atoms with Crippen molar-refractivity contribution in [3.05, 3.63) is 41.1 Å². The lowest BCUT2D eigenvalue weighted by atomic mass is 9.88. The summed E-state index contributed by atoms with van der Waals surface area (Å²) < 4.78 is 5.55. The minimum Gasteiger partial charge on any atom is -0.383 e. The molecule has 1 saturated carbocycles. The van der Waals surface area contributed by atoms with E-state index in [2.05, 4.69) is 34.5 Å². The number of nitrogens with one attached hydrogen (secondary N) is 2. The molecule has 1 aromatic carbocycles. The van der Waals surface area contributed by atoms with Crippen molar-refractivity contribution in [1.82, 2.24) is 10.2 Å². The van der Waals surface area contributed by atoms with Crippen LogP contribution in [0.25, 0.3) is 0 Å². The molecule has 2 N–H and O–H groups in total. The van der Waals surface area contributed by atoms with E-state index >= 15 is 0 Å². The van der Waals surface area contributed by atoms with Gasteiger partial charge in [0.25, 0.3) is 0 Å². The summed E-state index contributed by atoms with van der Waals surface area (Å²) in [5.74, 6) is 2.06. The lowest BCUT2D eigenvalue weighted by Crippen LogP contribution is -2.47. The average Bonchev–Trinajstić information content (AvgIpc) is 3.49. The fourth-order valence-electron chi connectivity index (χ4n) is 5.19. The van der Waals surface area contributed by atoms with Gasteiger partial charge in [0, 0.05) is 50.0 Å². The van der Waals surface area contributed by atoms with Crippen LogP contribution >= 0.6 is 0 Å². The fourth-order valence-corrected chi connectivity index (χ4v) is 5.19. The number of fused-ring (bicyclic) bond motifs is 1. The van der Waals surface area contributed by atoms with Crippen LogP contribution in [0.15, 0.2) is 35.5 Å². The number of rotatable bonds is 4. The third kappa shape index (κ3) is 3.85. The number of para-hydroxylation sites is 1. The molecule has 30 heavy (non-hydrogen) atoms. The number of benzene rings is 1. The van der Waals surface area contributed by atoms with Crippen molar-refractivity contribution in [2.24, 2.45) is 11.8 Å². The number of amides is 1. The van der Waals surface area contributed by atoms with Crippen molar-refractivity contribution in [3.63, 3.8) is 0 Å². The van der Waals surface area contributed by atoms with E-state index in [9.17, 15) is 10.2 Å². The van der Waals surface area contributed by atoms with Gasteiger partial charge >= 0.3 is 0 Å². The van der Waals surface area contributed by atoms with Crippen molar-refractivity contribution in [2.45, 2.75) is 45.1 Å². The van der Waals surface area contributed by atoms with Crippen LogP contribution in [0.3, 0.4) is 0 Å². The molecule has 3 aliphatic heterocycles. The van der Waals surface area contributed by atoms with Crippen LogP contribution < -0.4 is 10.2 Å². The molecule has 0 spiro atoms. The summed E-state index contributed by atoms with van der Waals surface area (Å²) >= 11 is 0. The molecule has 1 saturated heterocycles. The van der Waals surface area contributed by atoms with Crippen molar-refractivity contribution >= 4 is 17.4 Å². The number of hydrogen-bond donors (Lipinski definition) is 2. The Kier molecular flexibility index (Phi) is 5.27. The van der Waals surface area contributed by atoms with Gasteiger partial charge < -0.3 is 19.9 Å². The van der Waals surface area contributed by atoms with Crippen molar-refractivity contribution in [3.8, 4) is 0 Å². The summed E-state index contributed by atoms with van der Waals surface area (Å²) in [7, 11) is 0. The molecule has 3 heterocycles. The predicted octanol–water partition coefficient (Wildman–Crippen LogP) is 2.94. The quantitative estimate of drug-likeness (QED) is 0.594. The number of hydrogen-bond acceptors (Lipinski definition) is 4. The number of ether oxygens (including phenoxy) is 1. The van der Waals surface area contributed by atoms with Gasteiger partial charge in [0.1, 0.15) is 5.84 Å². The lowest BCUT2D eigenvalue weighted by Gasteiger charge is -2.39. The molecule has 0 radical (unpaired) electrons. The topological polar surface area (TPSA) is 68.7 Å². The first-order valence-electron chi connectivity index (χ1n) is 11.4. The first kappa shape index (κ1) is 19.6. The van der Waals surface area contributed by atoms with Crippen LogP contribution in [0.5, 0.6) is 0 Å². The van der Waals surface area contributed by atoms with Crippen LogP contribution in [-0.2, 0) is 16.0 Å². The second kappa shape index (κ2) is 8.06. The van der Waals surface area contributed by atoms with Crippen LogP contribution in [0.1, 0.15) is 38.2 Å². The van der Waals surface area contributed by atoms with Gasteiger partial charge in [0.05, 0.1) is 19.2 Å². The molecule has 1 amide bonds. The summed E-state index contributed by atoms with van der Waals surface area (Å²) in [5, 5.41) is 12.9. The SMILES string of the molecule is CC(=O)N1CCC(NC2CCOC2)=C(C(=N)N2CC(C3CC3)Cc3ccccc32)C1. The standard InChI is InChI=1S/C24H32N4O2/c1-16(29)27-10-8-22(26-20-9-11-30-15-20)21(14-27)24(25)28-13-19(17-6-7-17)12-18-4-2-3-5-23(18)28/h2-5,17,19-20,25-26H,6-15H2,1H3. The van der Waals surface area contributed by atoms with Gasteiger partial charge in [-0.05, 0) is 49.1 Å². The summed E-state index contributed by atoms with van der Waals surface area (Å²) in [6, 6.07) is 8.86. The molecule has 6 nitrogen and oxygen atoms in total. The third-order valence-corrected chi connectivity index (χ3v) is 7.12. The molecular formula is C24H32N4O2. The monoisotopic (exact) mass is 408 g/mol. The Morgan fingerprint density at radius 1 is 1.20 bits per heavy atom. The van der Waals surface area contributed by atoms with Gasteiger partial charge in [-0.2, -0.15) is 0 Å². The summed E-state index contributed by atoms with van der Waals surface area (Å²) in [6.45, 7) is 5.27. The van der Waals surface area contributed by atoms with E-state index in [1.165, 1.54) is 18.4 Å². The summed E-state index contributed by atoms with van der Waals surface area (Å²) in [5.41, 5.74) is 4.60. The van der Waals surface area contributed by atoms with Crippen LogP contribution in [0.2, 0.25) is 0 Å². The van der Waals surface area contributed by atoms with Gasteiger partial charge in [-0.15, -0.1) is 0 Å². The number of carbonyl (C=O) groups is 1. The van der Waals surface area contributed by atoms with Crippen molar-refractivity contribution in [1.29, 1.82) is 5.41 Å². The van der Waals surface area contributed by atoms with Crippen LogP contribution in [-0.4, -0.2) is 55.5 Å². The molecular weight excluding hydrogens is 376 g/mol. The smallest absolute Gasteiger partial charge is 0.219 e. The Morgan fingerprint density at radius 3 is 2.77 bits per heavy atom. The van der Waals surface area contributed by atoms with E-state index in [1.807, 2.05) is 4.90 Å². The van der Waals surface area contributed by atoms with Crippen molar-refractivity contribution < 1.29 is 9.53 Å². The zero-order chi connectivity index (χ0) is 20.7. The van der Waals surface area contributed by atoms with E-state index in [4.69, 9.17) is 4.74 Å². The Balaban J connectivity index is 1.47. The first-order valence-corrected chi connectivity index (χ1v) is 11.4. The predicted molar refractivity (Wildman–Crippen MR) is 118 cm³/mol. The van der Waals surface area contributed by atoms with Crippen molar-refractivity contribution in [2.75, 3.05) is 37.7 Å². The van der Waals surface area contributed by atoms with E-state index in [0.29, 0.717) is 30.9 Å². The molecule has 0 aromatic heterocycles. The molecule has 2 unspecified atom stereocenters. The molecule has 5 rings (SSSR count). The normalized spacial score (nSPS) is 26.6. The number of amidine groups is 1. The van der Waals surface area contributed by atoms with Crippen LogP contribution in [0.4, 0.5) is 5.69 Å². The highest BCUT2D eigenvalue weighted by atomic mass is 16.5. The molecule has 4 aliphatic rings. The van der Waals surface area contributed by atoms with E-state index in [0.717, 1.165) is 61.9 Å². The average molecular weight is 409 g/mol. The molecule has 6 heteroatoms. The van der Waals surface area contributed by atoms with Gasteiger partial charge in [0.2, 0.25) is 5.91 Å². The minimum absolute atomic E-state index is 0.0819. The molecule has 1 aromatic rings. The zero-order valence-corrected chi connectivity index (χ0v) is 17.8. The summed E-state index contributed by atoms with van der Waals surface area (Å²) in [4.78, 5) is 16.2. The Labute approximate surface area is 178 Å². The molecule has 2 fully saturated rings. The Bertz CT molecular complexity index is 870. The maximum absolute atomic E-state index is 12.1. The maximum atomic E-state index is 12.1. The van der Waals surface area contributed by atoms with Gasteiger partial charge in [-0.3, -0.25) is 10.2 Å². The number of anilines is 1. The van der Waals surface area contributed by atoms with Crippen LogP contribution in [0, 0.1) is 17.2 Å². The highest BCUT2D eigenvalue weighted by Crippen LogP contribution is 2.43. The zero-order valence-electron chi connectivity index (χ0n) is 17.8. The van der Waals surface area contributed by atoms with Gasteiger partial charge in [-0.1, -0.05) is 18.2 Å². The maximum Gasteiger partial charge on any atom is 0.219 e. The minimum atomic E-state index is 0.0819. The fraction of sp³-hybridized carbons (Fsp3) is 0.583. The second-order valence-electron chi connectivity index (χ2n) is 9.24. The highest BCUT2D eigenvalue weighted by Gasteiger charge is 2.38. The van der Waals surface area contributed by atoms with E-state index in [-0.39, 0.29) is 5.91 Å². The molecule has 160 valence electrons. The van der Waals surface area contributed by atoms with Gasteiger partial charge in [-0.25, -0.2) is 0 Å². The molecule has 0 bridgehead atoms. The molecule has 1 aliphatic carbocycles. The van der Waals surface area contributed by atoms with Gasteiger partial charge in [0.15, 0.2) is 0 Å². The number of carbonyl (C=O) groups excluding carboxylic acids is 1. The first-order chi connectivity index (χ1) is 14.6.